The lowest BCUT2D eigenvalue weighted by molar-refractivity contribution is 0.167. The fourth-order valence-electron chi connectivity index (χ4n) is 1.25. The topological polar surface area (TPSA) is 47.0 Å². The smallest absolute Gasteiger partial charge is 0.137 e. The van der Waals surface area contributed by atoms with Gasteiger partial charge in [0.25, 0.3) is 0 Å². The molecule has 1 aromatic rings. The van der Waals surface area contributed by atoms with Crippen molar-refractivity contribution in [3.63, 3.8) is 0 Å². The molecular formula is C12H18ClN3O. The second-order valence-corrected chi connectivity index (χ2v) is 4.33. The van der Waals surface area contributed by atoms with E-state index in [0.717, 1.165) is 17.0 Å². The molecule has 94 valence electrons. The lowest BCUT2D eigenvalue weighted by Crippen LogP contribution is -2.13. The van der Waals surface area contributed by atoms with Crippen LogP contribution in [0.25, 0.3) is 0 Å². The Kier molecular flexibility index (Phi) is 5.38. The van der Waals surface area contributed by atoms with Crippen molar-refractivity contribution >= 4 is 17.4 Å². The van der Waals surface area contributed by atoms with Crippen molar-refractivity contribution in [2.75, 3.05) is 25.1 Å². The second-order valence-electron chi connectivity index (χ2n) is 3.97. The summed E-state index contributed by atoms with van der Waals surface area (Å²) in [5, 5.41) is 3.67. The van der Waals surface area contributed by atoms with E-state index in [2.05, 4.69) is 21.9 Å². The first kappa shape index (κ1) is 13.9. The average Bonchev–Trinajstić information content (AvgIpc) is 2.23. The Labute approximate surface area is 107 Å². The van der Waals surface area contributed by atoms with Crippen LogP contribution in [-0.4, -0.2) is 29.7 Å². The molecule has 0 bridgehead atoms. The van der Waals surface area contributed by atoms with Gasteiger partial charge in [0.15, 0.2) is 0 Å². The van der Waals surface area contributed by atoms with E-state index in [-0.39, 0.29) is 0 Å². The van der Waals surface area contributed by atoms with Gasteiger partial charge < -0.3 is 10.1 Å². The molecule has 0 saturated carbocycles. The summed E-state index contributed by atoms with van der Waals surface area (Å²) >= 11 is 5.97. The molecule has 5 heteroatoms. The summed E-state index contributed by atoms with van der Waals surface area (Å²) < 4.78 is 5.38. The van der Waals surface area contributed by atoms with Crippen LogP contribution in [0.4, 0.5) is 5.82 Å². The number of aryl methyl sites for hydroxylation is 1. The number of halogens is 1. The summed E-state index contributed by atoms with van der Waals surface area (Å²) in [6.45, 7) is 11.3. The van der Waals surface area contributed by atoms with Gasteiger partial charge in [0, 0.05) is 12.1 Å². The number of aromatic nitrogens is 2. The molecule has 0 aromatic carbocycles. The van der Waals surface area contributed by atoms with Crippen molar-refractivity contribution in [1.29, 1.82) is 0 Å². The van der Waals surface area contributed by atoms with Crippen molar-refractivity contribution in [2.24, 2.45) is 0 Å². The molecule has 0 aliphatic heterocycles. The Balaban J connectivity index is 2.44. The normalized spacial score (nSPS) is 10.4. The van der Waals surface area contributed by atoms with Crippen molar-refractivity contribution in [2.45, 2.75) is 20.8 Å². The van der Waals surface area contributed by atoms with Crippen LogP contribution in [0.3, 0.4) is 0 Å². The summed E-state index contributed by atoms with van der Waals surface area (Å²) in [5.74, 6) is 1.42. The van der Waals surface area contributed by atoms with E-state index in [9.17, 15) is 0 Å². The van der Waals surface area contributed by atoms with E-state index in [1.807, 2.05) is 20.8 Å². The van der Waals surface area contributed by atoms with Gasteiger partial charge in [-0.3, -0.25) is 0 Å². The van der Waals surface area contributed by atoms with Crippen LogP contribution in [0.2, 0.25) is 5.15 Å². The van der Waals surface area contributed by atoms with Crippen molar-refractivity contribution in [3.05, 3.63) is 28.7 Å². The minimum Gasteiger partial charge on any atom is -0.375 e. The van der Waals surface area contributed by atoms with Gasteiger partial charge >= 0.3 is 0 Å². The summed E-state index contributed by atoms with van der Waals surface area (Å²) in [5.41, 5.74) is 1.87. The summed E-state index contributed by atoms with van der Waals surface area (Å²) in [4.78, 5) is 8.36. The number of hydrogen-bond acceptors (Lipinski definition) is 4. The third-order valence-corrected chi connectivity index (χ3v) is 2.45. The zero-order chi connectivity index (χ0) is 12.8. The standard InChI is InChI=1S/C12H18ClN3O/c1-8(2)7-17-6-5-14-12-9(3)11(13)15-10(4)16-12/h1,5-7H2,2-4H3,(H,14,15,16). The maximum absolute atomic E-state index is 5.97. The first-order valence-electron chi connectivity index (χ1n) is 5.47. The zero-order valence-corrected chi connectivity index (χ0v) is 11.3. The molecule has 0 saturated heterocycles. The van der Waals surface area contributed by atoms with Crippen LogP contribution in [0, 0.1) is 13.8 Å². The van der Waals surface area contributed by atoms with Gasteiger partial charge in [-0.1, -0.05) is 23.8 Å². The highest BCUT2D eigenvalue weighted by atomic mass is 35.5. The minimum absolute atomic E-state index is 0.489. The molecule has 4 nitrogen and oxygen atoms in total. The fraction of sp³-hybridized carbons (Fsp3) is 0.500. The quantitative estimate of drug-likeness (QED) is 0.482. The Bertz CT molecular complexity index is 407. The number of anilines is 1. The van der Waals surface area contributed by atoms with Crippen molar-refractivity contribution < 1.29 is 4.74 Å². The average molecular weight is 256 g/mol. The highest BCUT2D eigenvalue weighted by Gasteiger charge is 2.06. The second kappa shape index (κ2) is 6.57. The highest BCUT2D eigenvalue weighted by Crippen LogP contribution is 2.19. The molecule has 0 fully saturated rings. The Morgan fingerprint density at radius 1 is 1.41 bits per heavy atom. The maximum Gasteiger partial charge on any atom is 0.137 e. The molecule has 0 aliphatic rings. The van der Waals surface area contributed by atoms with Crippen LogP contribution in [0.15, 0.2) is 12.2 Å². The molecule has 0 unspecified atom stereocenters. The van der Waals surface area contributed by atoms with Gasteiger partial charge in [-0.25, -0.2) is 9.97 Å². The largest absolute Gasteiger partial charge is 0.375 e. The predicted molar refractivity (Wildman–Crippen MR) is 70.6 cm³/mol. The third-order valence-electron chi connectivity index (χ3n) is 2.09. The monoisotopic (exact) mass is 255 g/mol. The number of nitrogens with zero attached hydrogens (tertiary/aromatic N) is 2. The molecular weight excluding hydrogens is 238 g/mol. The molecule has 1 aromatic heterocycles. The molecule has 1 heterocycles. The molecule has 17 heavy (non-hydrogen) atoms. The van der Waals surface area contributed by atoms with Crippen molar-refractivity contribution in [3.8, 4) is 0 Å². The third kappa shape index (κ3) is 4.71. The van der Waals surface area contributed by atoms with Crippen LogP contribution in [0.5, 0.6) is 0 Å². The number of rotatable bonds is 6. The van der Waals surface area contributed by atoms with E-state index in [1.165, 1.54) is 0 Å². The molecule has 0 radical (unpaired) electrons. The first-order valence-corrected chi connectivity index (χ1v) is 5.85. The first-order chi connectivity index (χ1) is 8.00. The van der Waals surface area contributed by atoms with Gasteiger partial charge in [-0.15, -0.1) is 0 Å². The Morgan fingerprint density at radius 2 is 2.12 bits per heavy atom. The van der Waals surface area contributed by atoms with Gasteiger partial charge in [-0.2, -0.15) is 0 Å². The maximum atomic E-state index is 5.97. The summed E-state index contributed by atoms with van der Waals surface area (Å²) in [7, 11) is 0. The van der Waals surface area contributed by atoms with Crippen LogP contribution in [0.1, 0.15) is 18.3 Å². The highest BCUT2D eigenvalue weighted by molar-refractivity contribution is 6.30. The Morgan fingerprint density at radius 3 is 2.76 bits per heavy atom. The summed E-state index contributed by atoms with van der Waals surface area (Å²) in [6.07, 6.45) is 0. The molecule has 0 aliphatic carbocycles. The number of ether oxygens (including phenoxy) is 1. The molecule has 0 spiro atoms. The van der Waals surface area contributed by atoms with E-state index >= 15 is 0 Å². The molecule has 1 N–H and O–H groups in total. The van der Waals surface area contributed by atoms with Gasteiger partial charge in [0.05, 0.1) is 13.2 Å². The molecule has 0 amide bonds. The number of nitrogens with one attached hydrogen (secondary N) is 1. The van der Waals surface area contributed by atoms with Crippen LogP contribution in [-0.2, 0) is 4.74 Å². The van der Waals surface area contributed by atoms with E-state index < -0.39 is 0 Å². The van der Waals surface area contributed by atoms with E-state index in [4.69, 9.17) is 16.3 Å². The van der Waals surface area contributed by atoms with Crippen molar-refractivity contribution in [1.82, 2.24) is 9.97 Å². The lowest BCUT2D eigenvalue weighted by Gasteiger charge is -2.10. The Hall–Kier alpha value is -1.13. The molecule has 0 atom stereocenters. The van der Waals surface area contributed by atoms with Gasteiger partial charge in [0.2, 0.25) is 0 Å². The minimum atomic E-state index is 0.489. The van der Waals surface area contributed by atoms with E-state index in [0.29, 0.717) is 30.7 Å². The zero-order valence-electron chi connectivity index (χ0n) is 10.5. The van der Waals surface area contributed by atoms with E-state index in [1.54, 1.807) is 0 Å². The fourth-order valence-corrected chi connectivity index (χ4v) is 1.47. The molecule has 1 rings (SSSR count). The predicted octanol–water partition coefficient (Wildman–Crippen LogP) is 2.75. The van der Waals surface area contributed by atoms with Crippen LogP contribution >= 0.6 is 11.6 Å². The number of hydrogen-bond donors (Lipinski definition) is 1. The SMILES string of the molecule is C=C(C)COCCNc1nc(C)nc(Cl)c1C. The summed E-state index contributed by atoms with van der Waals surface area (Å²) in [6, 6.07) is 0. The van der Waals surface area contributed by atoms with Gasteiger partial charge in [0.1, 0.15) is 16.8 Å². The lowest BCUT2D eigenvalue weighted by atomic mass is 10.3. The van der Waals surface area contributed by atoms with Gasteiger partial charge in [-0.05, 0) is 20.8 Å². The van der Waals surface area contributed by atoms with Crippen LogP contribution < -0.4 is 5.32 Å².